The Bertz CT molecular complexity index is 1230. The van der Waals surface area contributed by atoms with E-state index in [1.807, 2.05) is 12.1 Å². The summed E-state index contributed by atoms with van der Waals surface area (Å²) in [6, 6.07) is 10.4. The van der Waals surface area contributed by atoms with Crippen molar-refractivity contribution in [3.8, 4) is 5.75 Å². The molecule has 0 aliphatic carbocycles. The standard InChI is InChI=1S/C29H35ClF3N3O4/c1-34(2)26(37)24-8-7-22(18-25(24)30)35-13-9-19(10-14-35)20-11-15-36(16-12-20)27(38)28(39,29(31,32)33)21-5-4-6-23(17-21)40-3/h4-8,17-20,39H,9-16H2,1-3H3. The molecule has 1 unspecified atom stereocenters. The maximum absolute atomic E-state index is 14.1. The number of likely N-dealkylation sites (tertiary alicyclic amines) is 1. The summed E-state index contributed by atoms with van der Waals surface area (Å²) >= 11 is 6.39. The molecular formula is C29H35ClF3N3O4. The van der Waals surface area contributed by atoms with Crippen LogP contribution in [0.3, 0.4) is 0 Å². The minimum absolute atomic E-state index is 0.123. The van der Waals surface area contributed by atoms with Crippen molar-refractivity contribution in [3.05, 3.63) is 58.6 Å². The number of piperidine rings is 2. The molecule has 7 nitrogen and oxygen atoms in total. The highest BCUT2D eigenvalue weighted by Crippen LogP contribution is 2.43. The molecule has 11 heteroatoms. The topological polar surface area (TPSA) is 73.3 Å². The van der Waals surface area contributed by atoms with Gasteiger partial charge in [-0.1, -0.05) is 23.7 Å². The molecule has 2 aromatic rings. The quantitative estimate of drug-likeness (QED) is 0.522. The first-order valence-corrected chi connectivity index (χ1v) is 13.7. The average Bonchev–Trinajstić information content (AvgIpc) is 2.95. The maximum atomic E-state index is 14.1. The summed E-state index contributed by atoms with van der Waals surface area (Å²) in [6.45, 7) is 1.90. The summed E-state index contributed by atoms with van der Waals surface area (Å²) in [7, 11) is 4.66. The third-order valence-corrected chi connectivity index (χ3v) is 8.51. The Labute approximate surface area is 237 Å². The SMILES string of the molecule is COc1cccc(C(O)(C(=O)N2CCC(C3CCN(c4ccc(C(=O)N(C)C)c(Cl)c4)CC3)CC2)C(F)(F)F)c1. The third kappa shape index (κ3) is 5.88. The van der Waals surface area contributed by atoms with Crippen LogP contribution in [-0.4, -0.2) is 80.3 Å². The molecule has 2 aliphatic heterocycles. The van der Waals surface area contributed by atoms with E-state index in [0.29, 0.717) is 29.3 Å². The predicted molar refractivity (Wildman–Crippen MR) is 147 cm³/mol. The third-order valence-electron chi connectivity index (χ3n) is 8.19. The molecule has 0 radical (unpaired) electrons. The van der Waals surface area contributed by atoms with Gasteiger partial charge in [0.2, 0.25) is 0 Å². The van der Waals surface area contributed by atoms with Gasteiger partial charge in [-0.2, -0.15) is 13.2 Å². The summed E-state index contributed by atoms with van der Waals surface area (Å²) in [5.74, 6) is -0.714. The van der Waals surface area contributed by atoms with Crippen LogP contribution in [0.25, 0.3) is 0 Å². The number of anilines is 1. The van der Waals surface area contributed by atoms with Gasteiger partial charge in [0.15, 0.2) is 0 Å². The Morgan fingerprint density at radius 2 is 1.57 bits per heavy atom. The number of aliphatic hydroxyl groups is 1. The second kappa shape index (κ2) is 11.9. The Kier molecular flexibility index (Phi) is 8.89. The lowest BCUT2D eigenvalue weighted by molar-refractivity contribution is -0.262. The van der Waals surface area contributed by atoms with E-state index in [4.69, 9.17) is 16.3 Å². The fourth-order valence-corrected chi connectivity index (χ4v) is 6.06. The highest BCUT2D eigenvalue weighted by molar-refractivity contribution is 6.34. The molecule has 2 heterocycles. The van der Waals surface area contributed by atoms with Crippen LogP contribution < -0.4 is 9.64 Å². The largest absolute Gasteiger partial charge is 0.497 e. The molecule has 0 aromatic heterocycles. The molecule has 40 heavy (non-hydrogen) atoms. The molecule has 0 saturated carbocycles. The number of carbonyl (C=O) groups excluding carboxylic acids is 2. The van der Waals surface area contributed by atoms with Crippen molar-refractivity contribution in [1.29, 1.82) is 0 Å². The van der Waals surface area contributed by atoms with Gasteiger partial charge in [0.05, 0.1) is 17.7 Å². The van der Waals surface area contributed by atoms with Gasteiger partial charge in [-0.3, -0.25) is 9.59 Å². The Morgan fingerprint density at radius 3 is 2.10 bits per heavy atom. The Balaban J connectivity index is 1.36. The Hall–Kier alpha value is -2.98. The monoisotopic (exact) mass is 581 g/mol. The van der Waals surface area contributed by atoms with Gasteiger partial charge in [-0.05, 0) is 67.9 Å². The van der Waals surface area contributed by atoms with Crippen LogP contribution in [0.4, 0.5) is 18.9 Å². The second-order valence-electron chi connectivity index (χ2n) is 10.8. The zero-order valence-corrected chi connectivity index (χ0v) is 23.6. The van der Waals surface area contributed by atoms with Crippen LogP contribution >= 0.6 is 11.6 Å². The number of amides is 2. The first-order chi connectivity index (χ1) is 18.9. The predicted octanol–water partition coefficient (Wildman–Crippen LogP) is 4.96. The molecule has 2 aromatic carbocycles. The van der Waals surface area contributed by atoms with Gasteiger partial charge in [0.1, 0.15) is 5.75 Å². The summed E-state index contributed by atoms with van der Waals surface area (Å²) in [5.41, 5.74) is -2.80. The van der Waals surface area contributed by atoms with Gasteiger partial charge in [-0.15, -0.1) is 0 Å². The van der Waals surface area contributed by atoms with E-state index in [1.54, 1.807) is 20.2 Å². The first-order valence-electron chi connectivity index (χ1n) is 13.4. The lowest BCUT2D eigenvalue weighted by Gasteiger charge is -2.42. The number of alkyl halides is 3. The van der Waals surface area contributed by atoms with Crippen molar-refractivity contribution in [3.63, 3.8) is 0 Å². The minimum atomic E-state index is -5.19. The normalized spacial score (nSPS) is 18.8. The number of hydrogen-bond acceptors (Lipinski definition) is 5. The first kappa shape index (κ1) is 30.0. The van der Waals surface area contributed by atoms with Crippen LogP contribution in [0, 0.1) is 11.8 Å². The van der Waals surface area contributed by atoms with Crippen molar-refractivity contribution in [2.24, 2.45) is 11.8 Å². The van der Waals surface area contributed by atoms with Crippen molar-refractivity contribution >= 4 is 29.1 Å². The molecule has 1 atom stereocenters. The zero-order chi connectivity index (χ0) is 29.2. The van der Waals surface area contributed by atoms with Gasteiger partial charge in [-0.25, -0.2) is 0 Å². The summed E-state index contributed by atoms with van der Waals surface area (Å²) in [4.78, 5) is 30.3. The van der Waals surface area contributed by atoms with Crippen molar-refractivity contribution < 1.29 is 32.6 Å². The van der Waals surface area contributed by atoms with E-state index >= 15 is 0 Å². The summed E-state index contributed by atoms with van der Waals surface area (Å²) in [5, 5.41) is 11.2. The van der Waals surface area contributed by atoms with Crippen LogP contribution in [-0.2, 0) is 10.4 Å². The van der Waals surface area contributed by atoms with E-state index in [-0.39, 0.29) is 30.7 Å². The molecule has 0 bridgehead atoms. The number of rotatable bonds is 6. The van der Waals surface area contributed by atoms with E-state index in [2.05, 4.69) is 4.90 Å². The second-order valence-corrected chi connectivity index (χ2v) is 11.2. The molecular weight excluding hydrogens is 547 g/mol. The molecule has 218 valence electrons. The van der Waals surface area contributed by atoms with Crippen molar-refractivity contribution in [2.45, 2.75) is 37.5 Å². The number of halogens is 4. The van der Waals surface area contributed by atoms with Crippen LogP contribution in [0.5, 0.6) is 5.75 Å². The molecule has 2 fully saturated rings. The van der Waals surface area contributed by atoms with E-state index < -0.39 is 23.2 Å². The van der Waals surface area contributed by atoms with E-state index in [9.17, 15) is 27.9 Å². The zero-order valence-electron chi connectivity index (χ0n) is 22.9. The highest BCUT2D eigenvalue weighted by Gasteiger charge is 2.62. The number of methoxy groups -OCH3 is 1. The molecule has 1 N–H and O–H groups in total. The smallest absolute Gasteiger partial charge is 0.430 e. The maximum Gasteiger partial charge on any atom is 0.430 e. The minimum Gasteiger partial charge on any atom is -0.497 e. The fourth-order valence-electron chi connectivity index (χ4n) is 5.80. The van der Waals surface area contributed by atoms with Crippen LogP contribution in [0.15, 0.2) is 42.5 Å². The number of carbonyl (C=O) groups is 2. The van der Waals surface area contributed by atoms with Crippen molar-refractivity contribution in [2.75, 3.05) is 52.3 Å². The number of nitrogens with zero attached hydrogens (tertiary/aromatic N) is 3. The van der Waals surface area contributed by atoms with E-state index in [0.717, 1.165) is 48.7 Å². The van der Waals surface area contributed by atoms with Crippen LogP contribution in [0.1, 0.15) is 41.6 Å². The summed E-state index contributed by atoms with van der Waals surface area (Å²) < 4.78 is 47.4. The molecule has 2 amide bonds. The Morgan fingerprint density at radius 1 is 0.975 bits per heavy atom. The van der Waals surface area contributed by atoms with Gasteiger partial charge < -0.3 is 24.5 Å². The molecule has 2 saturated heterocycles. The molecule has 4 rings (SSSR count). The lowest BCUT2D eigenvalue weighted by Crippen LogP contribution is -2.57. The van der Waals surface area contributed by atoms with Crippen molar-refractivity contribution in [1.82, 2.24) is 9.80 Å². The van der Waals surface area contributed by atoms with Gasteiger partial charge >= 0.3 is 6.18 Å². The average molecular weight is 582 g/mol. The number of ether oxygens (including phenoxy) is 1. The number of benzene rings is 2. The highest BCUT2D eigenvalue weighted by atomic mass is 35.5. The molecule has 2 aliphatic rings. The summed E-state index contributed by atoms with van der Waals surface area (Å²) in [6.07, 6.45) is -2.22. The van der Waals surface area contributed by atoms with Gasteiger partial charge in [0.25, 0.3) is 17.4 Å². The number of hydrogen-bond donors (Lipinski definition) is 1. The lowest BCUT2D eigenvalue weighted by atomic mass is 9.78. The van der Waals surface area contributed by atoms with E-state index in [1.165, 1.54) is 24.1 Å². The fraction of sp³-hybridized carbons (Fsp3) is 0.517. The van der Waals surface area contributed by atoms with Gasteiger partial charge in [0, 0.05) is 51.5 Å². The van der Waals surface area contributed by atoms with Crippen LogP contribution in [0.2, 0.25) is 5.02 Å². The molecule has 0 spiro atoms.